The standard InChI is InChI=1S/C15H15N3S2/c1-18(9-7-14-16-8-10-19-14)15-17-13(11-20-15)12-5-3-2-4-6-12/h2-6,8,10-11H,7,9H2,1H3. The molecule has 3 rings (SSSR count). The van der Waals surface area contributed by atoms with Gasteiger partial charge in [0.15, 0.2) is 5.13 Å². The van der Waals surface area contributed by atoms with Crippen molar-refractivity contribution < 1.29 is 0 Å². The molecule has 3 aromatic rings. The molecule has 0 fully saturated rings. The van der Waals surface area contributed by atoms with E-state index in [0.717, 1.165) is 23.8 Å². The van der Waals surface area contributed by atoms with Gasteiger partial charge in [0.05, 0.1) is 10.7 Å². The molecule has 0 unspecified atom stereocenters. The van der Waals surface area contributed by atoms with E-state index < -0.39 is 0 Å². The topological polar surface area (TPSA) is 29.0 Å². The summed E-state index contributed by atoms with van der Waals surface area (Å²) in [5.74, 6) is 0. The first-order chi connectivity index (χ1) is 9.83. The highest BCUT2D eigenvalue weighted by atomic mass is 32.1. The maximum absolute atomic E-state index is 4.71. The molecule has 5 heteroatoms. The SMILES string of the molecule is CN(CCc1nccs1)c1nc(-c2ccccc2)cs1. The van der Waals surface area contributed by atoms with Crippen LogP contribution in [0.2, 0.25) is 0 Å². The largest absolute Gasteiger partial charge is 0.351 e. The minimum atomic E-state index is 0.940. The summed E-state index contributed by atoms with van der Waals surface area (Å²) in [5.41, 5.74) is 2.22. The number of anilines is 1. The molecule has 1 aromatic carbocycles. The van der Waals surface area contributed by atoms with Gasteiger partial charge in [-0.2, -0.15) is 0 Å². The molecule has 20 heavy (non-hydrogen) atoms. The second-order valence-electron chi connectivity index (χ2n) is 4.48. The molecule has 0 saturated heterocycles. The number of hydrogen-bond acceptors (Lipinski definition) is 5. The van der Waals surface area contributed by atoms with Crippen LogP contribution in [-0.2, 0) is 6.42 Å². The maximum Gasteiger partial charge on any atom is 0.185 e. The number of benzene rings is 1. The lowest BCUT2D eigenvalue weighted by atomic mass is 10.2. The Bertz CT molecular complexity index is 647. The number of hydrogen-bond donors (Lipinski definition) is 0. The molecule has 2 aromatic heterocycles. The lowest BCUT2D eigenvalue weighted by Crippen LogP contribution is -2.19. The normalized spacial score (nSPS) is 10.7. The third-order valence-electron chi connectivity index (χ3n) is 3.03. The Morgan fingerprint density at radius 3 is 2.75 bits per heavy atom. The van der Waals surface area contributed by atoms with Crippen molar-refractivity contribution >= 4 is 27.8 Å². The van der Waals surface area contributed by atoms with Crippen LogP contribution in [0.4, 0.5) is 5.13 Å². The van der Waals surface area contributed by atoms with Crippen LogP contribution in [0.15, 0.2) is 47.3 Å². The molecule has 0 bridgehead atoms. The van der Waals surface area contributed by atoms with Crippen molar-refractivity contribution in [3.8, 4) is 11.3 Å². The highest BCUT2D eigenvalue weighted by Crippen LogP contribution is 2.26. The first-order valence-corrected chi connectivity index (χ1v) is 8.19. The summed E-state index contributed by atoms with van der Waals surface area (Å²) in [6, 6.07) is 10.3. The Morgan fingerprint density at radius 2 is 2.00 bits per heavy atom. The van der Waals surface area contributed by atoms with Gasteiger partial charge in [0.1, 0.15) is 0 Å². The van der Waals surface area contributed by atoms with Crippen molar-refractivity contribution in [3.05, 3.63) is 52.3 Å². The third-order valence-corrected chi connectivity index (χ3v) is 4.83. The Hall–Kier alpha value is -1.72. The van der Waals surface area contributed by atoms with Gasteiger partial charge in [-0.25, -0.2) is 9.97 Å². The van der Waals surface area contributed by atoms with Crippen LogP contribution in [0, 0.1) is 0 Å². The predicted octanol–water partition coefficient (Wildman–Crippen LogP) is 3.95. The summed E-state index contributed by atoms with van der Waals surface area (Å²) in [7, 11) is 2.08. The summed E-state index contributed by atoms with van der Waals surface area (Å²) in [4.78, 5) is 11.2. The van der Waals surface area contributed by atoms with E-state index in [0.29, 0.717) is 0 Å². The Morgan fingerprint density at radius 1 is 1.15 bits per heavy atom. The first kappa shape index (κ1) is 13.3. The van der Waals surface area contributed by atoms with Crippen LogP contribution in [0.25, 0.3) is 11.3 Å². The molecular weight excluding hydrogens is 286 g/mol. The molecular formula is C15H15N3S2. The first-order valence-electron chi connectivity index (χ1n) is 6.43. The van der Waals surface area contributed by atoms with Crippen molar-refractivity contribution in [2.45, 2.75) is 6.42 Å². The van der Waals surface area contributed by atoms with Gasteiger partial charge < -0.3 is 4.90 Å². The zero-order chi connectivity index (χ0) is 13.8. The second kappa shape index (κ2) is 6.15. The van der Waals surface area contributed by atoms with Crippen LogP contribution >= 0.6 is 22.7 Å². The van der Waals surface area contributed by atoms with E-state index in [1.54, 1.807) is 22.7 Å². The molecule has 102 valence electrons. The van der Waals surface area contributed by atoms with Crippen molar-refractivity contribution in [1.29, 1.82) is 0 Å². The number of likely N-dealkylation sites (N-methyl/N-ethyl adjacent to an activating group) is 1. The Kier molecular flexibility index (Phi) is 4.08. The molecule has 0 atom stereocenters. The Balaban J connectivity index is 1.67. The van der Waals surface area contributed by atoms with Gasteiger partial charge in [-0.15, -0.1) is 22.7 Å². The Labute approximate surface area is 126 Å². The summed E-state index contributed by atoms with van der Waals surface area (Å²) in [6.45, 7) is 0.940. The van der Waals surface area contributed by atoms with Crippen LogP contribution in [0.5, 0.6) is 0 Å². The smallest absolute Gasteiger partial charge is 0.185 e. The molecule has 0 aliphatic rings. The van der Waals surface area contributed by atoms with Crippen LogP contribution in [-0.4, -0.2) is 23.6 Å². The highest BCUT2D eigenvalue weighted by molar-refractivity contribution is 7.14. The second-order valence-corrected chi connectivity index (χ2v) is 6.29. The molecule has 0 radical (unpaired) electrons. The van der Waals surface area contributed by atoms with E-state index in [-0.39, 0.29) is 0 Å². The van der Waals surface area contributed by atoms with Crippen molar-refractivity contribution in [2.24, 2.45) is 0 Å². The maximum atomic E-state index is 4.71. The molecule has 0 aliphatic heterocycles. The summed E-state index contributed by atoms with van der Waals surface area (Å²) < 4.78 is 0. The van der Waals surface area contributed by atoms with Gasteiger partial charge in [0.2, 0.25) is 0 Å². The summed E-state index contributed by atoms with van der Waals surface area (Å²) in [5, 5.41) is 6.37. The van der Waals surface area contributed by atoms with Crippen molar-refractivity contribution in [1.82, 2.24) is 9.97 Å². The van der Waals surface area contributed by atoms with E-state index in [4.69, 9.17) is 4.98 Å². The molecule has 0 saturated carbocycles. The average molecular weight is 301 g/mol. The minimum Gasteiger partial charge on any atom is -0.351 e. The predicted molar refractivity (Wildman–Crippen MR) is 86.6 cm³/mol. The van der Waals surface area contributed by atoms with E-state index in [1.807, 2.05) is 29.8 Å². The number of thiazole rings is 2. The highest BCUT2D eigenvalue weighted by Gasteiger charge is 2.09. The van der Waals surface area contributed by atoms with Crippen LogP contribution < -0.4 is 4.90 Å². The number of rotatable bonds is 5. The lowest BCUT2D eigenvalue weighted by Gasteiger charge is -2.14. The number of aromatic nitrogens is 2. The van der Waals surface area contributed by atoms with Crippen LogP contribution in [0.3, 0.4) is 0 Å². The van der Waals surface area contributed by atoms with Gasteiger partial charge in [-0.05, 0) is 0 Å². The lowest BCUT2D eigenvalue weighted by molar-refractivity contribution is 0.865. The van der Waals surface area contributed by atoms with Crippen molar-refractivity contribution in [3.63, 3.8) is 0 Å². The van der Waals surface area contributed by atoms with Gasteiger partial charge in [0.25, 0.3) is 0 Å². The van der Waals surface area contributed by atoms with E-state index in [2.05, 4.69) is 34.4 Å². The number of nitrogens with zero attached hydrogens (tertiary/aromatic N) is 3. The zero-order valence-electron chi connectivity index (χ0n) is 11.2. The van der Waals surface area contributed by atoms with E-state index in [9.17, 15) is 0 Å². The zero-order valence-corrected chi connectivity index (χ0v) is 12.8. The molecule has 0 amide bonds. The van der Waals surface area contributed by atoms with Crippen molar-refractivity contribution in [2.75, 3.05) is 18.5 Å². The van der Waals surface area contributed by atoms with Gasteiger partial charge in [-0.1, -0.05) is 30.3 Å². The fourth-order valence-corrected chi connectivity index (χ4v) is 3.35. The molecule has 0 N–H and O–H groups in total. The third kappa shape index (κ3) is 3.05. The molecule has 0 aliphatic carbocycles. The van der Waals surface area contributed by atoms with Crippen LogP contribution in [0.1, 0.15) is 5.01 Å². The fourth-order valence-electron chi connectivity index (χ4n) is 1.92. The monoisotopic (exact) mass is 301 g/mol. The molecule has 0 spiro atoms. The van der Waals surface area contributed by atoms with E-state index >= 15 is 0 Å². The summed E-state index contributed by atoms with van der Waals surface area (Å²) >= 11 is 3.39. The summed E-state index contributed by atoms with van der Waals surface area (Å²) in [6.07, 6.45) is 2.82. The van der Waals surface area contributed by atoms with Gasteiger partial charge >= 0.3 is 0 Å². The molecule has 3 nitrogen and oxygen atoms in total. The quantitative estimate of drug-likeness (QED) is 0.714. The van der Waals surface area contributed by atoms with E-state index in [1.165, 1.54) is 10.6 Å². The fraction of sp³-hybridized carbons (Fsp3) is 0.200. The molecule has 2 heterocycles. The van der Waals surface area contributed by atoms with Gasteiger partial charge in [0, 0.05) is 42.5 Å². The van der Waals surface area contributed by atoms with Gasteiger partial charge in [-0.3, -0.25) is 0 Å². The average Bonchev–Trinajstić information content (AvgIpc) is 3.17. The minimum absolute atomic E-state index is 0.940.